The first kappa shape index (κ1) is 21.6. The highest BCUT2D eigenvalue weighted by Crippen LogP contribution is 2.45. The van der Waals surface area contributed by atoms with Gasteiger partial charge in [-0.3, -0.25) is 4.79 Å². The standard InChI is InChI=1S/C25H28FN3OS/c1-15(2)29-21-11-6-17(12-20(21)16(3)14-25(29,4)5)13-22-23(30)28-24(31-22)27-19-9-7-18(26)8-10-19/h6-13,15-16H,14H2,1-5H3,(H,27,28,30)/b22-13-/t16-/m0/s1. The summed E-state index contributed by atoms with van der Waals surface area (Å²) in [6.07, 6.45) is 3.00. The maximum atomic E-state index is 13.1. The number of rotatable bonds is 3. The average Bonchev–Trinajstić information content (AvgIpc) is 3.02. The van der Waals surface area contributed by atoms with Gasteiger partial charge in [0.05, 0.1) is 10.6 Å². The van der Waals surface area contributed by atoms with Crippen molar-refractivity contribution in [2.45, 2.75) is 58.5 Å². The number of benzene rings is 2. The van der Waals surface area contributed by atoms with E-state index in [2.05, 4.69) is 68.0 Å². The smallest absolute Gasteiger partial charge is 0.264 e. The molecule has 2 heterocycles. The summed E-state index contributed by atoms with van der Waals surface area (Å²) in [7, 11) is 0. The van der Waals surface area contributed by atoms with Gasteiger partial charge in [0.1, 0.15) is 5.82 Å². The van der Waals surface area contributed by atoms with Crippen LogP contribution in [0.3, 0.4) is 0 Å². The summed E-state index contributed by atoms with van der Waals surface area (Å²) in [6.45, 7) is 11.4. The third kappa shape index (κ3) is 4.40. The van der Waals surface area contributed by atoms with Gasteiger partial charge >= 0.3 is 0 Å². The van der Waals surface area contributed by atoms with E-state index in [-0.39, 0.29) is 17.3 Å². The van der Waals surface area contributed by atoms with Crippen LogP contribution in [0.15, 0.2) is 52.4 Å². The second-order valence-electron chi connectivity index (χ2n) is 9.16. The molecule has 2 aliphatic rings. The zero-order chi connectivity index (χ0) is 22.3. The second kappa shape index (κ2) is 8.15. The van der Waals surface area contributed by atoms with Gasteiger partial charge in [-0.25, -0.2) is 9.38 Å². The van der Waals surface area contributed by atoms with Crippen molar-refractivity contribution in [2.75, 3.05) is 4.90 Å². The normalized spacial score (nSPS) is 22.9. The lowest BCUT2D eigenvalue weighted by Crippen LogP contribution is -2.51. The Kier molecular flexibility index (Phi) is 5.69. The molecular formula is C25H28FN3OS. The van der Waals surface area contributed by atoms with E-state index in [1.165, 1.54) is 35.1 Å². The Morgan fingerprint density at radius 3 is 2.61 bits per heavy atom. The molecule has 1 fully saturated rings. The Bertz CT molecular complexity index is 1070. The van der Waals surface area contributed by atoms with E-state index < -0.39 is 0 Å². The van der Waals surface area contributed by atoms with E-state index in [4.69, 9.17) is 0 Å². The van der Waals surface area contributed by atoms with E-state index >= 15 is 0 Å². The molecule has 1 amide bonds. The lowest BCUT2D eigenvalue weighted by atomic mass is 9.79. The Morgan fingerprint density at radius 2 is 1.94 bits per heavy atom. The topological polar surface area (TPSA) is 44.7 Å². The summed E-state index contributed by atoms with van der Waals surface area (Å²) in [4.78, 5) is 20.0. The third-order valence-electron chi connectivity index (χ3n) is 5.82. The number of carbonyl (C=O) groups excluding carboxylic acids is 1. The van der Waals surface area contributed by atoms with Crippen molar-refractivity contribution in [3.63, 3.8) is 0 Å². The number of fused-ring (bicyclic) bond motifs is 1. The number of halogens is 1. The molecule has 0 aromatic heterocycles. The number of thioether (sulfide) groups is 1. The molecule has 0 bridgehead atoms. The highest BCUT2D eigenvalue weighted by Gasteiger charge is 2.37. The molecule has 0 unspecified atom stereocenters. The molecule has 1 atom stereocenters. The molecule has 6 heteroatoms. The molecule has 2 aromatic carbocycles. The van der Waals surface area contributed by atoms with Gasteiger partial charge in [-0.1, -0.05) is 13.0 Å². The van der Waals surface area contributed by atoms with Gasteiger partial charge in [0.2, 0.25) is 0 Å². The molecule has 4 rings (SSSR count). The van der Waals surface area contributed by atoms with Gasteiger partial charge in [0, 0.05) is 17.3 Å². The van der Waals surface area contributed by atoms with E-state index in [0.29, 0.717) is 27.7 Å². The monoisotopic (exact) mass is 437 g/mol. The number of hydrogen-bond donors (Lipinski definition) is 1. The lowest BCUT2D eigenvalue weighted by molar-refractivity contribution is -0.115. The van der Waals surface area contributed by atoms with E-state index in [1.807, 2.05) is 6.08 Å². The van der Waals surface area contributed by atoms with Crippen LogP contribution >= 0.6 is 11.8 Å². The SMILES string of the molecule is CC(C)N1c2ccc(/C=C3\SC(=Nc4ccc(F)cc4)NC3=O)cc2[C@@H](C)CC1(C)C. The van der Waals surface area contributed by atoms with Gasteiger partial charge in [0.25, 0.3) is 5.91 Å². The first-order valence-corrected chi connectivity index (χ1v) is 11.4. The molecule has 2 aliphatic heterocycles. The van der Waals surface area contributed by atoms with Crippen LogP contribution < -0.4 is 10.2 Å². The molecule has 4 nitrogen and oxygen atoms in total. The number of nitrogens with one attached hydrogen (secondary N) is 1. The zero-order valence-corrected chi connectivity index (χ0v) is 19.4. The fraction of sp³-hybridized carbons (Fsp3) is 0.360. The predicted molar refractivity (Wildman–Crippen MR) is 128 cm³/mol. The number of anilines is 1. The summed E-state index contributed by atoms with van der Waals surface area (Å²) in [5, 5.41) is 3.30. The lowest BCUT2D eigenvalue weighted by Gasteiger charge is -2.50. The van der Waals surface area contributed by atoms with Crippen LogP contribution in [-0.4, -0.2) is 22.7 Å². The Balaban J connectivity index is 1.62. The highest BCUT2D eigenvalue weighted by molar-refractivity contribution is 8.18. The van der Waals surface area contributed by atoms with Crippen LogP contribution in [0.5, 0.6) is 0 Å². The molecular weight excluding hydrogens is 409 g/mol. The van der Waals surface area contributed by atoms with Crippen LogP contribution in [0.2, 0.25) is 0 Å². The number of hydrogen-bond acceptors (Lipinski definition) is 4. The van der Waals surface area contributed by atoms with Gasteiger partial charge in [-0.05, 0) is 105 Å². The second-order valence-corrected chi connectivity index (χ2v) is 10.2. The Hall–Kier alpha value is -2.60. The molecule has 0 saturated carbocycles. The van der Waals surface area contributed by atoms with Crippen LogP contribution in [0.1, 0.15) is 58.1 Å². The molecule has 0 radical (unpaired) electrons. The van der Waals surface area contributed by atoms with Gasteiger partial charge in [-0.2, -0.15) is 0 Å². The first-order valence-electron chi connectivity index (χ1n) is 10.6. The highest BCUT2D eigenvalue weighted by atomic mass is 32.2. The third-order valence-corrected chi connectivity index (χ3v) is 6.73. The summed E-state index contributed by atoms with van der Waals surface area (Å²) >= 11 is 1.30. The number of amides is 1. The molecule has 0 spiro atoms. The maximum Gasteiger partial charge on any atom is 0.264 e. The minimum absolute atomic E-state index is 0.105. The fourth-order valence-corrected chi connectivity index (χ4v) is 5.64. The van der Waals surface area contributed by atoms with Crippen LogP contribution in [0.25, 0.3) is 6.08 Å². The van der Waals surface area contributed by atoms with Crippen molar-refractivity contribution in [1.82, 2.24) is 5.32 Å². The van der Waals surface area contributed by atoms with Gasteiger partial charge < -0.3 is 10.2 Å². The van der Waals surface area contributed by atoms with E-state index in [0.717, 1.165) is 12.0 Å². The number of nitrogens with zero attached hydrogens (tertiary/aromatic N) is 2. The molecule has 162 valence electrons. The van der Waals surface area contributed by atoms with Gasteiger partial charge in [0.15, 0.2) is 5.17 Å². The van der Waals surface area contributed by atoms with Crippen LogP contribution in [-0.2, 0) is 4.79 Å². The molecule has 1 saturated heterocycles. The van der Waals surface area contributed by atoms with Gasteiger partial charge in [-0.15, -0.1) is 0 Å². The minimum atomic E-state index is -0.311. The number of aliphatic imine (C=N–C) groups is 1. The van der Waals surface area contributed by atoms with Crippen LogP contribution in [0, 0.1) is 5.82 Å². The van der Waals surface area contributed by atoms with Crippen molar-refractivity contribution in [1.29, 1.82) is 0 Å². The summed E-state index contributed by atoms with van der Waals surface area (Å²) in [6, 6.07) is 12.8. The van der Waals surface area contributed by atoms with E-state index in [1.54, 1.807) is 12.1 Å². The van der Waals surface area contributed by atoms with Crippen LogP contribution in [0.4, 0.5) is 15.8 Å². The average molecular weight is 438 g/mol. The van der Waals surface area contributed by atoms with E-state index in [9.17, 15) is 9.18 Å². The molecule has 0 aliphatic carbocycles. The Labute approximate surface area is 187 Å². The minimum Gasteiger partial charge on any atom is -0.364 e. The quantitative estimate of drug-likeness (QED) is 0.580. The maximum absolute atomic E-state index is 13.1. The Morgan fingerprint density at radius 1 is 1.23 bits per heavy atom. The zero-order valence-electron chi connectivity index (χ0n) is 18.6. The molecule has 2 aromatic rings. The largest absolute Gasteiger partial charge is 0.364 e. The summed E-state index contributed by atoms with van der Waals surface area (Å²) in [5.74, 6) is -0.0331. The summed E-state index contributed by atoms with van der Waals surface area (Å²) in [5.41, 5.74) is 4.32. The fourth-order valence-electron chi connectivity index (χ4n) is 4.80. The van der Waals surface area contributed by atoms with Crippen molar-refractivity contribution in [3.05, 3.63) is 64.3 Å². The molecule has 31 heavy (non-hydrogen) atoms. The van der Waals surface area contributed by atoms with Crippen molar-refractivity contribution in [3.8, 4) is 0 Å². The molecule has 1 N–H and O–H groups in total. The first-order chi connectivity index (χ1) is 14.6. The van der Waals surface area contributed by atoms with Crippen molar-refractivity contribution in [2.24, 2.45) is 4.99 Å². The van der Waals surface area contributed by atoms with Crippen molar-refractivity contribution < 1.29 is 9.18 Å². The number of amidine groups is 1. The van der Waals surface area contributed by atoms with Crippen molar-refractivity contribution >= 4 is 40.3 Å². The predicted octanol–water partition coefficient (Wildman–Crippen LogP) is 6.22. The number of carbonyl (C=O) groups is 1. The summed E-state index contributed by atoms with van der Waals surface area (Å²) < 4.78 is 13.1.